The molecular weight excluding hydrogens is 434 g/mol. The second-order valence-electron chi connectivity index (χ2n) is 7.40. The van der Waals surface area contributed by atoms with Crippen molar-refractivity contribution >= 4 is 34.5 Å². The zero-order chi connectivity index (χ0) is 21.8. The highest BCUT2D eigenvalue weighted by molar-refractivity contribution is 7.14. The lowest BCUT2D eigenvalue weighted by Crippen LogP contribution is -2.50. The van der Waals surface area contributed by atoms with Crippen LogP contribution in [0.1, 0.15) is 32.9 Å². The first-order chi connectivity index (χ1) is 15.0. The van der Waals surface area contributed by atoms with E-state index in [9.17, 15) is 9.59 Å². The zero-order valence-electron chi connectivity index (χ0n) is 17.6. The third-order valence-corrected chi connectivity index (χ3v) is 7.51. The van der Waals surface area contributed by atoms with Gasteiger partial charge in [-0.1, -0.05) is 18.1 Å². The van der Waals surface area contributed by atoms with Crippen LogP contribution in [0.2, 0.25) is 0 Å². The number of thiophene rings is 2. The average Bonchev–Trinajstić information content (AvgIpc) is 3.53. The molecule has 0 atom stereocenters. The topological polar surface area (TPSA) is 91.6 Å². The fourth-order valence-corrected chi connectivity index (χ4v) is 5.19. The molecule has 1 N–H and O–H groups in total. The first-order valence-corrected chi connectivity index (χ1v) is 12.0. The summed E-state index contributed by atoms with van der Waals surface area (Å²) >= 11 is 3.07. The van der Waals surface area contributed by atoms with Crippen LogP contribution in [0.15, 0.2) is 28.1 Å². The highest BCUT2D eigenvalue weighted by Crippen LogP contribution is 2.23. The van der Waals surface area contributed by atoms with Gasteiger partial charge in [0.25, 0.3) is 5.91 Å². The van der Waals surface area contributed by atoms with E-state index in [1.165, 1.54) is 16.2 Å². The Morgan fingerprint density at radius 1 is 1.26 bits per heavy atom. The minimum absolute atomic E-state index is 0.0189. The van der Waals surface area contributed by atoms with Crippen LogP contribution >= 0.6 is 22.7 Å². The van der Waals surface area contributed by atoms with Gasteiger partial charge >= 0.3 is 0 Å². The van der Waals surface area contributed by atoms with E-state index in [2.05, 4.69) is 27.3 Å². The van der Waals surface area contributed by atoms with Crippen LogP contribution in [0, 0.1) is 6.92 Å². The van der Waals surface area contributed by atoms with E-state index in [1.54, 1.807) is 16.2 Å². The molecule has 8 nitrogen and oxygen atoms in total. The van der Waals surface area contributed by atoms with Crippen molar-refractivity contribution in [3.05, 3.63) is 44.8 Å². The summed E-state index contributed by atoms with van der Waals surface area (Å²) in [4.78, 5) is 36.2. The molecule has 0 radical (unpaired) electrons. The fraction of sp³-hybridized carbons (Fsp3) is 0.429. The van der Waals surface area contributed by atoms with E-state index in [0.717, 1.165) is 30.0 Å². The predicted molar refractivity (Wildman–Crippen MR) is 120 cm³/mol. The molecule has 0 saturated carbocycles. The Hall–Kier alpha value is -2.56. The van der Waals surface area contributed by atoms with Crippen LogP contribution in [0.5, 0.6) is 0 Å². The lowest BCUT2D eigenvalue weighted by Gasteiger charge is -2.34. The second-order valence-corrected chi connectivity index (χ2v) is 9.48. The van der Waals surface area contributed by atoms with Crippen molar-refractivity contribution in [3.63, 3.8) is 0 Å². The average molecular weight is 460 g/mol. The van der Waals surface area contributed by atoms with Crippen LogP contribution in [-0.4, -0.2) is 64.5 Å². The highest BCUT2D eigenvalue weighted by Gasteiger charge is 2.23. The third-order valence-electron chi connectivity index (χ3n) is 5.26. The number of carbonyl (C=O) groups is 2. The quantitative estimate of drug-likeness (QED) is 0.584. The molecule has 164 valence electrons. The number of amides is 2. The molecule has 3 aromatic heterocycles. The van der Waals surface area contributed by atoms with Crippen molar-refractivity contribution in [3.8, 4) is 10.7 Å². The first kappa shape index (κ1) is 21.7. The summed E-state index contributed by atoms with van der Waals surface area (Å²) in [5.74, 6) is 0.946. The molecule has 1 saturated heterocycles. The van der Waals surface area contributed by atoms with Crippen molar-refractivity contribution in [2.45, 2.75) is 26.8 Å². The molecule has 0 aliphatic carbocycles. The maximum atomic E-state index is 12.5. The van der Waals surface area contributed by atoms with Gasteiger partial charge in [-0.25, -0.2) is 0 Å². The number of hydrogen-bond donors (Lipinski definition) is 1. The van der Waals surface area contributed by atoms with Gasteiger partial charge in [0.05, 0.1) is 22.8 Å². The molecular formula is C21H25N5O3S2. The number of hydrogen-bond acceptors (Lipinski definition) is 8. The molecule has 2 amide bonds. The second kappa shape index (κ2) is 9.71. The van der Waals surface area contributed by atoms with E-state index in [-0.39, 0.29) is 18.4 Å². The summed E-state index contributed by atoms with van der Waals surface area (Å²) in [6.07, 6.45) is 0.909. The van der Waals surface area contributed by atoms with Crippen molar-refractivity contribution in [2.24, 2.45) is 0 Å². The summed E-state index contributed by atoms with van der Waals surface area (Å²) in [7, 11) is 0. The van der Waals surface area contributed by atoms with Gasteiger partial charge in [0.1, 0.15) is 0 Å². The summed E-state index contributed by atoms with van der Waals surface area (Å²) < 4.78 is 5.37. The number of aryl methyl sites for hydroxylation is 2. The van der Waals surface area contributed by atoms with Gasteiger partial charge in [-0.2, -0.15) is 4.98 Å². The number of nitrogens with zero attached hydrogens (tertiary/aromatic N) is 4. The number of rotatable bonds is 7. The first-order valence-electron chi connectivity index (χ1n) is 10.3. The summed E-state index contributed by atoms with van der Waals surface area (Å²) in [5.41, 5.74) is 1.13. The van der Waals surface area contributed by atoms with E-state index in [4.69, 9.17) is 4.52 Å². The Bertz CT molecular complexity index is 1040. The molecule has 31 heavy (non-hydrogen) atoms. The predicted octanol–water partition coefficient (Wildman–Crippen LogP) is 2.80. The number of carbonyl (C=O) groups excluding carboxylic acids is 2. The number of aromatic nitrogens is 2. The van der Waals surface area contributed by atoms with Gasteiger partial charge in [-0.15, -0.1) is 22.7 Å². The summed E-state index contributed by atoms with van der Waals surface area (Å²) in [6, 6.07) is 5.81. The standard InChI is InChI=1S/C21H25N5O3S2/c1-3-15-14(2)11-17(31-15)21(28)22-12-19(27)26-8-6-25(7-9-26)13-18-23-20(24-29-18)16-5-4-10-30-16/h4-5,10-11H,3,6-9,12-13H2,1-2H3,(H,22,28). The van der Waals surface area contributed by atoms with Gasteiger partial charge in [0.2, 0.25) is 17.6 Å². The van der Waals surface area contributed by atoms with Crippen LogP contribution < -0.4 is 5.32 Å². The van der Waals surface area contributed by atoms with Gasteiger partial charge in [-0.05, 0) is 36.4 Å². The van der Waals surface area contributed by atoms with Gasteiger partial charge in [0.15, 0.2) is 0 Å². The number of piperazine rings is 1. The molecule has 0 unspecified atom stereocenters. The van der Waals surface area contributed by atoms with Gasteiger partial charge in [0, 0.05) is 31.1 Å². The Morgan fingerprint density at radius 3 is 2.74 bits per heavy atom. The molecule has 3 aromatic rings. The van der Waals surface area contributed by atoms with Crippen LogP contribution in [0.25, 0.3) is 10.7 Å². The van der Waals surface area contributed by atoms with E-state index in [1.807, 2.05) is 30.5 Å². The zero-order valence-corrected chi connectivity index (χ0v) is 19.2. The van der Waals surface area contributed by atoms with Crippen molar-refractivity contribution in [1.29, 1.82) is 0 Å². The lowest BCUT2D eigenvalue weighted by molar-refractivity contribution is -0.131. The van der Waals surface area contributed by atoms with Crippen LogP contribution in [0.4, 0.5) is 0 Å². The SMILES string of the molecule is CCc1sc(C(=O)NCC(=O)N2CCN(Cc3nc(-c4cccs4)no3)CC2)cc1C. The van der Waals surface area contributed by atoms with E-state index < -0.39 is 0 Å². The van der Waals surface area contributed by atoms with Gasteiger partial charge < -0.3 is 14.7 Å². The molecule has 1 aliphatic heterocycles. The van der Waals surface area contributed by atoms with Crippen LogP contribution in [0.3, 0.4) is 0 Å². The minimum Gasteiger partial charge on any atom is -0.342 e. The smallest absolute Gasteiger partial charge is 0.261 e. The molecule has 1 fully saturated rings. The summed E-state index contributed by atoms with van der Waals surface area (Å²) in [5, 5.41) is 8.78. The lowest BCUT2D eigenvalue weighted by atomic mass is 10.2. The molecule has 10 heteroatoms. The Balaban J connectivity index is 1.22. The molecule has 4 rings (SSSR count). The van der Waals surface area contributed by atoms with Crippen molar-refractivity contribution in [1.82, 2.24) is 25.3 Å². The number of nitrogens with one attached hydrogen (secondary N) is 1. The summed E-state index contributed by atoms with van der Waals surface area (Å²) in [6.45, 7) is 7.33. The Morgan fingerprint density at radius 2 is 2.06 bits per heavy atom. The van der Waals surface area contributed by atoms with Crippen molar-refractivity contribution < 1.29 is 14.1 Å². The maximum absolute atomic E-state index is 12.5. The molecule has 0 bridgehead atoms. The largest absolute Gasteiger partial charge is 0.342 e. The highest BCUT2D eigenvalue weighted by atomic mass is 32.1. The van der Waals surface area contributed by atoms with Crippen LogP contribution in [-0.2, 0) is 17.8 Å². The molecule has 4 heterocycles. The fourth-order valence-electron chi connectivity index (χ4n) is 3.51. The van der Waals surface area contributed by atoms with Crippen molar-refractivity contribution in [2.75, 3.05) is 32.7 Å². The normalized spacial score (nSPS) is 14.7. The maximum Gasteiger partial charge on any atom is 0.261 e. The minimum atomic E-state index is -0.183. The van der Waals surface area contributed by atoms with Gasteiger partial charge in [-0.3, -0.25) is 14.5 Å². The third kappa shape index (κ3) is 5.20. The van der Waals surface area contributed by atoms with E-state index in [0.29, 0.717) is 36.2 Å². The molecule has 0 spiro atoms. The Kier molecular flexibility index (Phi) is 6.79. The van der Waals surface area contributed by atoms with E-state index >= 15 is 0 Å². The Labute approximate surface area is 188 Å². The monoisotopic (exact) mass is 459 g/mol. The molecule has 1 aliphatic rings. The molecule has 0 aromatic carbocycles.